The summed E-state index contributed by atoms with van der Waals surface area (Å²) >= 11 is 0. The van der Waals surface area contributed by atoms with E-state index in [9.17, 15) is 0 Å². The first-order valence-corrected chi connectivity index (χ1v) is 8.06. The van der Waals surface area contributed by atoms with Crippen molar-refractivity contribution in [2.45, 2.75) is 63.5 Å². The molecule has 1 aromatic rings. The molecule has 112 valence electrons. The lowest BCUT2D eigenvalue weighted by atomic mass is 9.79. The maximum Gasteiger partial charge on any atom is 0.227 e. The lowest BCUT2D eigenvalue weighted by molar-refractivity contribution is 0.0534. The Morgan fingerprint density at radius 2 is 2.25 bits per heavy atom. The molecule has 3 rings (SSSR count). The van der Waals surface area contributed by atoms with Crippen molar-refractivity contribution in [1.82, 2.24) is 20.4 Å². The van der Waals surface area contributed by atoms with Crippen LogP contribution in [-0.2, 0) is 6.42 Å². The molecule has 1 unspecified atom stereocenters. The Kier molecular flexibility index (Phi) is 4.36. The monoisotopic (exact) mass is 278 g/mol. The van der Waals surface area contributed by atoms with Gasteiger partial charge in [0.15, 0.2) is 6.33 Å². The second kappa shape index (κ2) is 6.22. The molecule has 2 fully saturated rings. The molecule has 1 spiro atoms. The highest BCUT2D eigenvalue weighted by Gasteiger charge is 2.39. The SMILES string of the molecule is CCC1CNC2(CCCCC2)CN1CCc1ncno1. The molecule has 5 nitrogen and oxygen atoms in total. The maximum absolute atomic E-state index is 5.13. The van der Waals surface area contributed by atoms with Gasteiger partial charge in [0.05, 0.1) is 0 Å². The van der Waals surface area contributed by atoms with Gasteiger partial charge in [0, 0.05) is 37.6 Å². The molecule has 2 aliphatic rings. The van der Waals surface area contributed by atoms with Crippen molar-refractivity contribution in [2.75, 3.05) is 19.6 Å². The Morgan fingerprint density at radius 3 is 2.95 bits per heavy atom. The molecule has 0 aromatic carbocycles. The van der Waals surface area contributed by atoms with E-state index in [1.807, 2.05) is 0 Å². The van der Waals surface area contributed by atoms with Gasteiger partial charge < -0.3 is 9.84 Å². The summed E-state index contributed by atoms with van der Waals surface area (Å²) in [6.07, 6.45) is 10.4. The summed E-state index contributed by atoms with van der Waals surface area (Å²) in [5.41, 5.74) is 0.374. The molecule has 0 amide bonds. The number of hydrogen-bond acceptors (Lipinski definition) is 5. The molecule has 1 aliphatic carbocycles. The molecule has 1 atom stereocenters. The molecule has 1 aliphatic heterocycles. The number of nitrogens with zero attached hydrogens (tertiary/aromatic N) is 3. The highest BCUT2D eigenvalue weighted by Crippen LogP contribution is 2.32. The van der Waals surface area contributed by atoms with Crippen LogP contribution in [0.15, 0.2) is 10.9 Å². The summed E-state index contributed by atoms with van der Waals surface area (Å²) in [6.45, 7) is 5.62. The fourth-order valence-electron chi connectivity index (χ4n) is 3.81. The van der Waals surface area contributed by atoms with Crippen LogP contribution in [-0.4, -0.2) is 46.3 Å². The second-order valence-corrected chi connectivity index (χ2v) is 6.34. The lowest BCUT2D eigenvalue weighted by Crippen LogP contribution is -2.64. The fraction of sp³-hybridized carbons (Fsp3) is 0.867. The molecule has 5 heteroatoms. The number of piperazine rings is 1. The molecular formula is C15H26N4O. The van der Waals surface area contributed by atoms with Crippen LogP contribution in [0.1, 0.15) is 51.3 Å². The largest absolute Gasteiger partial charge is 0.340 e. The van der Waals surface area contributed by atoms with Gasteiger partial charge in [-0.2, -0.15) is 4.98 Å². The Morgan fingerprint density at radius 1 is 1.40 bits per heavy atom. The average Bonchev–Trinajstić information content (AvgIpc) is 2.99. The van der Waals surface area contributed by atoms with Crippen molar-refractivity contribution in [3.8, 4) is 0 Å². The fourth-order valence-corrected chi connectivity index (χ4v) is 3.81. The first-order chi connectivity index (χ1) is 9.81. The van der Waals surface area contributed by atoms with Crippen molar-refractivity contribution >= 4 is 0 Å². The molecule has 20 heavy (non-hydrogen) atoms. The van der Waals surface area contributed by atoms with E-state index in [2.05, 4.69) is 27.3 Å². The van der Waals surface area contributed by atoms with Gasteiger partial charge in [-0.15, -0.1) is 0 Å². The van der Waals surface area contributed by atoms with Gasteiger partial charge in [0.25, 0.3) is 0 Å². The van der Waals surface area contributed by atoms with Crippen LogP contribution in [0.2, 0.25) is 0 Å². The first-order valence-electron chi connectivity index (χ1n) is 8.06. The molecule has 2 heterocycles. The highest BCUT2D eigenvalue weighted by atomic mass is 16.5. The van der Waals surface area contributed by atoms with Crippen molar-refractivity contribution in [2.24, 2.45) is 0 Å². The number of aromatic nitrogens is 2. The number of nitrogens with one attached hydrogen (secondary N) is 1. The predicted molar refractivity (Wildman–Crippen MR) is 77.5 cm³/mol. The number of rotatable bonds is 4. The molecule has 1 N–H and O–H groups in total. The van der Waals surface area contributed by atoms with Crippen LogP contribution >= 0.6 is 0 Å². The van der Waals surface area contributed by atoms with Gasteiger partial charge in [-0.3, -0.25) is 4.90 Å². The smallest absolute Gasteiger partial charge is 0.227 e. The van der Waals surface area contributed by atoms with E-state index in [1.165, 1.54) is 51.4 Å². The Balaban J connectivity index is 1.62. The van der Waals surface area contributed by atoms with Crippen molar-refractivity contribution in [1.29, 1.82) is 0 Å². The molecular weight excluding hydrogens is 252 g/mol. The van der Waals surface area contributed by atoms with E-state index in [0.717, 1.165) is 25.4 Å². The highest BCUT2D eigenvalue weighted by molar-refractivity contribution is 4.99. The van der Waals surface area contributed by atoms with Gasteiger partial charge in [-0.1, -0.05) is 31.3 Å². The second-order valence-electron chi connectivity index (χ2n) is 6.34. The molecule has 0 radical (unpaired) electrons. The molecule has 0 bridgehead atoms. The van der Waals surface area contributed by atoms with E-state index in [4.69, 9.17) is 4.52 Å². The van der Waals surface area contributed by atoms with Crippen LogP contribution < -0.4 is 5.32 Å². The minimum atomic E-state index is 0.374. The standard InChI is InChI=1S/C15H26N4O/c1-2-13-10-17-15(7-4-3-5-8-15)11-19(13)9-6-14-16-12-18-20-14/h12-13,17H,2-11H2,1H3. The minimum Gasteiger partial charge on any atom is -0.340 e. The third-order valence-electron chi connectivity index (χ3n) is 5.04. The van der Waals surface area contributed by atoms with Gasteiger partial charge in [-0.25, -0.2) is 0 Å². The molecule has 1 aromatic heterocycles. The van der Waals surface area contributed by atoms with E-state index < -0.39 is 0 Å². The van der Waals surface area contributed by atoms with Crippen LogP contribution in [0.25, 0.3) is 0 Å². The predicted octanol–water partition coefficient (Wildman–Crippen LogP) is 2.00. The van der Waals surface area contributed by atoms with E-state index >= 15 is 0 Å². The Hall–Kier alpha value is -0.940. The van der Waals surface area contributed by atoms with Crippen molar-refractivity contribution in [3.05, 3.63) is 12.2 Å². The third-order valence-corrected chi connectivity index (χ3v) is 5.04. The zero-order valence-electron chi connectivity index (χ0n) is 12.5. The summed E-state index contributed by atoms with van der Waals surface area (Å²) in [5.74, 6) is 0.760. The average molecular weight is 278 g/mol. The van der Waals surface area contributed by atoms with Gasteiger partial charge >= 0.3 is 0 Å². The molecule has 1 saturated heterocycles. The van der Waals surface area contributed by atoms with Crippen LogP contribution in [0.4, 0.5) is 0 Å². The van der Waals surface area contributed by atoms with Gasteiger partial charge in [0.2, 0.25) is 5.89 Å². The van der Waals surface area contributed by atoms with E-state index in [0.29, 0.717) is 11.6 Å². The topological polar surface area (TPSA) is 54.2 Å². The van der Waals surface area contributed by atoms with Crippen LogP contribution in [0, 0.1) is 0 Å². The lowest BCUT2D eigenvalue weighted by Gasteiger charge is -2.49. The van der Waals surface area contributed by atoms with E-state index in [1.54, 1.807) is 0 Å². The zero-order valence-corrected chi connectivity index (χ0v) is 12.5. The minimum absolute atomic E-state index is 0.374. The normalized spacial score (nSPS) is 26.9. The third kappa shape index (κ3) is 3.04. The summed E-state index contributed by atoms with van der Waals surface area (Å²) in [4.78, 5) is 6.78. The van der Waals surface area contributed by atoms with Gasteiger partial charge in [-0.05, 0) is 19.3 Å². The van der Waals surface area contributed by atoms with Crippen molar-refractivity contribution in [3.63, 3.8) is 0 Å². The van der Waals surface area contributed by atoms with Crippen LogP contribution in [0.3, 0.4) is 0 Å². The van der Waals surface area contributed by atoms with Crippen LogP contribution in [0.5, 0.6) is 0 Å². The zero-order chi connectivity index (χ0) is 13.8. The quantitative estimate of drug-likeness (QED) is 0.913. The first kappa shape index (κ1) is 14.0. The summed E-state index contributed by atoms with van der Waals surface area (Å²) in [7, 11) is 0. The Bertz CT molecular complexity index is 400. The molecule has 1 saturated carbocycles. The van der Waals surface area contributed by atoms with Crippen molar-refractivity contribution < 1.29 is 4.52 Å². The summed E-state index contributed by atoms with van der Waals surface area (Å²) in [6, 6.07) is 0.644. The number of hydrogen-bond donors (Lipinski definition) is 1. The van der Waals surface area contributed by atoms with Gasteiger partial charge in [0.1, 0.15) is 0 Å². The maximum atomic E-state index is 5.13. The van der Waals surface area contributed by atoms with E-state index in [-0.39, 0.29) is 0 Å². The Labute approximate surface area is 121 Å². The summed E-state index contributed by atoms with van der Waals surface area (Å²) < 4.78 is 5.13. The summed E-state index contributed by atoms with van der Waals surface area (Å²) in [5, 5.41) is 7.56.